The third kappa shape index (κ3) is 4.81. The van der Waals surface area contributed by atoms with Crippen LogP contribution in [0.2, 0.25) is 0 Å². The SMILES string of the molecule is O=S(=O)([O-])c1ccccc1-c1c2cc/c(=[NH+]\c3nc4ccccc4s3)cc-2oc2cc(Nc3nc4ccccc4s3)ccc12. The van der Waals surface area contributed by atoms with E-state index in [0.29, 0.717) is 33.4 Å². The first kappa shape index (κ1) is 26.7. The largest absolute Gasteiger partial charge is 0.744 e. The minimum Gasteiger partial charge on any atom is -0.744 e. The van der Waals surface area contributed by atoms with Gasteiger partial charge in [0, 0.05) is 39.9 Å². The van der Waals surface area contributed by atoms with Crippen molar-refractivity contribution in [2.24, 2.45) is 0 Å². The number of fused-ring (bicyclic) bond motifs is 4. The summed E-state index contributed by atoms with van der Waals surface area (Å²) < 4.78 is 45.7. The maximum absolute atomic E-state index is 12.4. The summed E-state index contributed by atoms with van der Waals surface area (Å²) in [5, 5.41) is 6.25. The molecule has 6 aromatic rings. The summed E-state index contributed by atoms with van der Waals surface area (Å²) in [4.78, 5) is 12.4. The van der Waals surface area contributed by atoms with Crippen LogP contribution in [0.3, 0.4) is 0 Å². The van der Waals surface area contributed by atoms with Gasteiger partial charge in [0.1, 0.15) is 26.8 Å². The van der Waals surface area contributed by atoms with Gasteiger partial charge in [-0.05, 0) is 70.9 Å². The van der Waals surface area contributed by atoms with Gasteiger partial charge in [0.2, 0.25) is 0 Å². The molecule has 11 heteroatoms. The first-order valence-electron chi connectivity index (χ1n) is 13.5. The van der Waals surface area contributed by atoms with E-state index in [9.17, 15) is 13.0 Å². The second-order valence-electron chi connectivity index (χ2n) is 10.1. The van der Waals surface area contributed by atoms with Gasteiger partial charge in [0.15, 0.2) is 10.6 Å². The van der Waals surface area contributed by atoms with Crippen molar-refractivity contribution < 1.29 is 22.4 Å². The topological polar surface area (TPSA) is 122 Å². The highest BCUT2D eigenvalue weighted by atomic mass is 32.2. The van der Waals surface area contributed by atoms with Crippen LogP contribution in [-0.4, -0.2) is 22.9 Å². The van der Waals surface area contributed by atoms with Gasteiger partial charge in [-0.3, -0.25) is 0 Å². The quantitative estimate of drug-likeness (QED) is 0.167. The zero-order valence-electron chi connectivity index (χ0n) is 22.6. The van der Waals surface area contributed by atoms with E-state index in [0.717, 1.165) is 41.7 Å². The standard InChI is InChI=1S/C33H20N4O4S3/c38-44(39,40)30-12-6-1-7-23(30)31-21-15-13-19(34-32-36-24-8-2-4-10-28(24)42-32)17-26(21)41-27-18-20(14-16-22(27)31)35-33-37-25-9-3-5-11-29(25)43-33/h1-18H,(H,34,36)(H,38,39,40)/b35-20+. The molecule has 44 heavy (non-hydrogen) atoms. The van der Waals surface area contributed by atoms with Crippen LogP contribution < -0.4 is 15.7 Å². The van der Waals surface area contributed by atoms with E-state index in [1.165, 1.54) is 6.07 Å². The Hall–Kier alpha value is -4.94. The van der Waals surface area contributed by atoms with E-state index in [1.54, 1.807) is 40.9 Å². The lowest BCUT2D eigenvalue weighted by Crippen LogP contribution is -2.70. The van der Waals surface area contributed by atoms with Gasteiger partial charge in [-0.1, -0.05) is 53.8 Å². The summed E-state index contributed by atoms with van der Waals surface area (Å²) >= 11 is 3.08. The molecular weight excluding hydrogens is 613 g/mol. The minimum absolute atomic E-state index is 0.290. The van der Waals surface area contributed by atoms with Gasteiger partial charge < -0.3 is 14.3 Å². The van der Waals surface area contributed by atoms with E-state index in [1.807, 2.05) is 84.9 Å². The average molecular weight is 633 g/mol. The summed E-state index contributed by atoms with van der Waals surface area (Å²) in [6.07, 6.45) is 0. The molecule has 8 rings (SSSR count). The normalized spacial score (nSPS) is 12.5. The fourth-order valence-electron chi connectivity index (χ4n) is 5.33. The molecular formula is C33H20N4O4S3. The summed E-state index contributed by atoms with van der Waals surface area (Å²) in [5.41, 5.74) is 4.63. The molecule has 1 aliphatic heterocycles. The second kappa shape index (κ2) is 10.4. The molecule has 4 aromatic carbocycles. The second-order valence-corrected chi connectivity index (χ2v) is 13.5. The van der Waals surface area contributed by atoms with Crippen molar-refractivity contribution in [2.75, 3.05) is 5.32 Å². The fourth-order valence-corrected chi connectivity index (χ4v) is 7.78. The molecule has 0 atom stereocenters. The number of para-hydroxylation sites is 2. The zero-order chi connectivity index (χ0) is 29.8. The summed E-state index contributed by atoms with van der Waals surface area (Å²) in [6.45, 7) is 0. The highest BCUT2D eigenvalue weighted by molar-refractivity contribution is 7.85. The van der Waals surface area contributed by atoms with Crippen molar-refractivity contribution in [3.8, 4) is 22.5 Å². The molecule has 0 spiro atoms. The molecule has 3 heterocycles. The highest BCUT2D eigenvalue weighted by Crippen LogP contribution is 2.43. The van der Waals surface area contributed by atoms with Crippen molar-refractivity contribution in [3.63, 3.8) is 0 Å². The van der Waals surface area contributed by atoms with Crippen LogP contribution in [0, 0.1) is 0 Å². The summed E-state index contributed by atoms with van der Waals surface area (Å²) in [7, 11) is -4.76. The Morgan fingerprint density at radius 1 is 0.750 bits per heavy atom. The zero-order valence-corrected chi connectivity index (χ0v) is 25.1. The Balaban J connectivity index is 1.33. The van der Waals surface area contributed by atoms with E-state index in [-0.39, 0.29) is 4.90 Å². The summed E-state index contributed by atoms with van der Waals surface area (Å²) in [5.74, 6) is 0.508. The van der Waals surface area contributed by atoms with Crippen LogP contribution in [0.15, 0.2) is 119 Å². The van der Waals surface area contributed by atoms with Gasteiger partial charge in [0.25, 0.3) is 0 Å². The Kier molecular flexibility index (Phi) is 6.27. The number of benzene rings is 5. The van der Waals surface area contributed by atoms with Crippen molar-refractivity contribution in [3.05, 3.63) is 115 Å². The van der Waals surface area contributed by atoms with Gasteiger partial charge in [0.05, 0.1) is 19.8 Å². The predicted octanol–water partition coefficient (Wildman–Crippen LogP) is 6.38. The molecule has 2 aromatic heterocycles. The monoisotopic (exact) mass is 632 g/mol. The van der Waals surface area contributed by atoms with Crippen LogP contribution >= 0.6 is 22.7 Å². The number of anilines is 2. The van der Waals surface area contributed by atoms with Crippen LogP contribution in [-0.2, 0) is 10.1 Å². The van der Waals surface area contributed by atoms with Crippen LogP contribution in [0.25, 0.3) is 53.9 Å². The van der Waals surface area contributed by atoms with E-state index in [2.05, 4.69) is 20.3 Å². The lowest BCUT2D eigenvalue weighted by atomic mass is 9.93. The van der Waals surface area contributed by atoms with Crippen molar-refractivity contribution >= 4 is 80.1 Å². The molecule has 8 nitrogen and oxygen atoms in total. The highest BCUT2D eigenvalue weighted by Gasteiger charge is 2.22. The lowest BCUT2D eigenvalue weighted by molar-refractivity contribution is -0.401. The van der Waals surface area contributed by atoms with Crippen LogP contribution in [0.4, 0.5) is 16.0 Å². The Morgan fingerprint density at radius 3 is 2.25 bits per heavy atom. The number of thiazole rings is 2. The molecule has 2 aliphatic rings. The van der Waals surface area contributed by atoms with Crippen molar-refractivity contribution in [2.45, 2.75) is 4.90 Å². The maximum Gasteiger partial charge on any atom is 0.381 e. The maximum atomic E-state index is 12.4. The predicted molar refractivity (Wildman–Crippen MR) is 173 cm³/mol. The summed E-state index contributed by atoms with van der Waals surface area (Å²) in [6, 6.07) is 33.3. The fraction of sp³-hybridized carbons (Fsp3) is 0. The average Bonchev–Trinajstić information content (AvgIpc) is 3.62. The number of hydrogen-bond acceptors (Lipinski definition) is 9. The molecule has 214 valence electrons. The number of rotatable bonds is 5. The molecule has 0 amide bonds. The van der Waals surface area contributed by atoms with E-state index in [4.69, 9.17) is 4.42 Å². The third-order valence-corrected chi connectivity index (χ3v) is 10.0. The lowest BCUT2D eigenvalue weighted by Gasteiger charge is -2.19. The van der Waals surface area contributed by atoms with E-state index >= 15 is 0 Å². The molecule has 0 saturated carbocycles. The number of aromatic nitrogens is 2. The number of hydrogen-bond donors (Lipinski definition) is 2. The molecule has 0 bridgehead atoms. The van der Waals surface area contributed by atoms with Crippen molar-refractivity contribution in [1.82, 2.24) is 9.97 Å². The molecule has 0 saturated heterocycles. The van der Waals surface area contributed by atoms with Gasteiger partial charge in [-0.15, -0.1) is 0 Å². The molecule has 0 fully saturated rings. The Morgan fingerprint density at radius 2 is 1.48 bits per heavy atom. The van der Waals surface area contributed by atoms with Gasteiger partial charge >= 0.3 is 5.13 Å². The van der Waals surface area contributed by atoms with Crippen LogP contribution in [0.5, 0.6) is 0 Å². The molecule has 0 unspecified atom stereocenters. The van der Waals surface area contributed by atoms with E-state index < -0.39 is 10.1 Å². The molecule has 0 radical (unpaired) electrons. The Labute approximate surface area is 258 Å². The number of nitrogens with one attached hydrogen (secondary N) is 2. The first-order chi connectivity index (χ1) is 21.4. The molecule has 2 N–H and O–H groups in total. The number of nitrogens with zero attached hydrogens (tertiary/aromatic N) is 2. The van der Waals surface area contributed by atoms with Gasteiger partial charge in [-0.25, -0.2) is 18.4 Å². The minimum atomic E-state index is -4.76. The van der Waals surface area contributed by atoms with Crippen LogP contribution in [0.1, 0.15) is 0 Å². The molecule has 1 aliphatic carbocycles. The Bertz CT molecular complexity index is 2470. The smallest absolute Gasteiger partial charge is 0.381 e. The van der Waals surface area contributed by atoms with Gasteiger partial charge in [-0.2, -0.15) is 0 Å². The van der Waals surface area contributed by atoms with Crippen molar-refractivity contribution in [1.29, 1.82) is 0 Å². The third-order valence-electron chi connectivity index (χ3n) is 7.24. The first-order valence-corrected chi connectivity index (χ1v) is 16.6.